The molecule has 0 bridgehead atoms. The van der Waals surface area contributed by atoms with Crippen LogP contribution >= 0.6 is 0 Å². The molecule has 0 aliphatic heterocycles. The number of hydrogen-bond donors (Lipinski definition) is 2. The number of carboxylic acid groups (broad SMARTS) is 1. The van der Waals surface area contributed by atoms with E-state index < -0.39 is 23.8 Å². The molecule has 7 heteroatoms. The highest BCUT2D eigenvalue weighted by Gasteiger charge is 2.34. The van der Waals surface area contributed by atoms with Crippen LogP contribution in [0.1, 0.15) is 18.9 Å². The third kappa shape index (κ3) is 3.93. The van der Waals surface area contributed by atoms with Crippen molar-refractivity contribution in [3.8, 4) is 0 Å². The Labute approximate surface area is 95.5 Å². The second-order valence-corrected chi connectivity index (χ2v) is 3.54. The Kier molecular flexibility index (Phi) is 3.93. The molecule has 0 fully saturated rings. The number of pyridine rings is 1. The highest BCUT2D eigenvalue weighted by Crippen LogP contribution is 2.33. The van der Waals surface area contributed by atoms with Gasteiger partial charge in [0.15, 0.2) is 0 Å². The summed E-state index contributed by atoms with van der Waals surface area (Å²) < 4.78 is 37.7. The van der Waals surface area contributed by atoms with Crippen LogP contribution in [0, 0.1) is 0 Å². The maximum absolute atomic E-state index is 12.6. The summed E-state index contributed by atoms with van der Waals surface area (Å²) in [5.41, 5.74) is -0.905. The zero-order valence-electron chi connectivity index (χ0n) is 8.95. The Hall–Kier alpha value is -1.79. The summed E-state index contributed by atoms with van der Waals surface area (Å²) in [6, 6.07) is 1.43. The Balaban J connectivity index is 2.87. The predicted octanol–water partition coefficient (Wildman–Crippen LogP) is 2.38. The number of alkyl halides is 3. The highest BCUT2D eigenvalue weighted by molar-refractivity contribution is 5.68. The average molecular weight is 248 g/mol. The number of anilines is 1. The predicted molar refractivity (Wildman–Crippen MR) is 54.6 cm³/mol. The molecule has 0 aliphatic carbocycles. The number of nitrogens with one attached hydrogen (secondary N) is 1. The largest absolute Gasteiger partial charge is 0.481 e. The van der Waals surface area contributed by atoms with Crippen molar-refractivity contribution in [3.05, 3.63) is 23.9 Å². The summed E-state index contributed by atoms with van der Waals surface area (Å²) in [6.07, 6.45) is -3.58. The van der Waals surface area contributed by atoms with E-state index in [9.17, 15) is 18.0 Å². The van der Waals surface area contributed by atoms with Crippen molar-refractivity contribution in [3.63, 3.8) is 0 Å². The Morgan fingerprint density at radius 3 is 2.76 bits per heavy atom. The van der Waals surface area contributed by atoms with Gasteiger partial charge < -0.3 is 10.4 Å². The van der Waals surface area contributed by atoms with Gasteiger partial charge in [-0.2, -0.15) is 13.2 Å². The van der Waals surface area contributed by atoms with Crippen molar-refractivity contribution >= 4 is 11.8 Å². The van der Waals surface area contributed by atoms with E-state index in [1.165, 1.54) is 19.2 Å². The molecule has 1 heterocycles. The van der Waals surface area contributed by atoms with E-state index in [4.69, 9.17) is 5.11 Å². The van der Waals surface area contributed by atoms with Crippen LogP contribution in [0.25, 0.3) is 0 Å². The third-order valence-corrected chi connectivity index (χ3v) is 1.98. The zero-order chi connectivity index (χ0) is 13.1. The van der Waals surface area contributed by atoms with Gasteiger partial charge in [0.25, 0.3) is 0 Å². The lowest BCUT2D eigenvalue weighted by Crippen LogP contribution is -2.22. The van der Waals surface area contributed by atoms with Crippen molar-refractivity contribution in [2.24, 2.45) is 0 Å². The maximum atomic E-state index is 12.6. The first-order valence-corrected chi connectivity index (χ1v) is 4.81. The molecule has 0 amide bonds. The molecule has 2 N–H and O–H groups in total. The van der Waals surface area contributed by atoms with Gasteiger partial charge in [-0.15, -0.1) is 0 Å². The summed E-state index contributed by atoms with van der Waals surface area (Å²) in [7, 11) is 0. The molecule has 0 aromatic carbocycles. The summed E-state index contributed by atoms with van der Waals surface area (Å²) >= 11 is 0. The molecule has 0 spiro atoms. The van der Waals surface area contributed by atoms with Crippen molar-refractivity contribution in [1.82, 2.24) is 4.98 Å². The van der Waals surface area contributed by atoms with Gasteiger partial charge in [0, 0.05) is 12.2 Å². The number of rotatable bonds is 4. The van der Waals surface area contributed by atoms with Gasteiger partial charge in [-0.3, -0.25) is 4.79 Å². The van der Waals surface area contributed by atoms with Crippen LogP contribution in [0.3, 0.4) is 0 Å². The van der Waals surface area contributed by atoms with E-state index in [0.717, 1.165) is 6.07 Å². The van der Waals surface area contributed by atoms with Gasteiger partial charge in [0.2, 0.25) is 0 Å². The number of aliphatic carboxylic acids is 1. The standard InChI is InChI=1S/C10H11F3N2O2/c1-6(5-8(16)17)15-9-7(10(11,12)13)3-2-4-14-9/h2-4,6H,5H2,1H3,(H,14,15)(H,16,17). The van der Waals surface area contributed by atoms with E-state index in [0.29, 0.717) is 0 Å². The fourth-order valence-electron chi connectivity index (χ4n) is 1.30. The number of halogens is 3. The minimum absolute atomic E-state index is 0.284. The molecule has 4 nitrogen and oxygen atoms in total. The highest BCUT2D eigenvalue weighted by atomic mass is 19.4. The van der Waals surface area contributed by atoms with Crippen LogP contribution in [0.2, 0.25) is 0 Å². The van der Waals surface area contributed by atoms with Crippen molar-refractivity contribution < 1.29 is 23.1 Å². The maximum Gasteiger partial charge on any atom is 0.419 e. The lowest BCUT2D eigenvalue weighted by Gasteiger charge is -2.16. The number of hydrogen-bond acceptors (Lipinski definition) is 3. The van der Waals surface area contributed by atoms with Gasteiger partial charge >= 0.3 is 12.1 Å². The van der Waals surface area contributed by atoms with Gasteiger partial charge in [-0.1, -0.05) is 0 Å². The summed E-state index contributed by atoms with van der Waals surface area (Å²) in [5.74, 6) is -1.44. The zero-order valence-corrected chi connectivity index (χ0v) is 8.95. The Bertz CT molecular complexity index is 407. The van der Waals surface area contributed by atoms with E-state index in [-0.39, 0.29) is 12.2 Å². The first-order chi connectivity index (χ1) is 7.80. The molecule has 1 aromatic rings. The van der Waals surface area contributed by atoms with Crippen LogP contribution in [0.15, 0.2) is 18.3 Å². The van der Waals surface area contributed by atoms with Crippen LogP contribution in [0.5, 0.6) is 0 Å². The molecular formula is C10H11F3N2O2. The number of carbonyl (C=O) groups is 1. The average Bonchev–Trinajstić information content (AvgIpc) is 2.15. The van der Waals surface area contributed by atoms with E-state index >= 15 is 0 Å². The Morgan fingerprint density at radius 1 is 1.59 bits per heavy atom. The lowest BCUT2D eigenvalue weighted by atomic mass is 10.2. The smallest absolute Gasteiger partial charge is 0.419 e. The first kappa shape index (κ1) is 13.3. The molecule has 0 saturated heterocycles. The topological polar surface area (TPSA) is 62.2 Å². The second-order valence-electron chi connectivity index (χ2n) is 3.54. The van der Waals surface area contributed by atoms with Gasteiger partial charge in [-0.25, -0.2) is 4.98 Å². The third-order valence-electron chi connectivity index (χ3n) is 1.98. The summed E-state index contributed by atoms with van der Waals surface area (Å²) in [5, 5.41) is 10.9. The molecular weight excluding hydrogens is 237 g/mol. The van der Waals surface area contributed by atoms with E-state index in [2.05, 4.69) is 10.3 Å². The van der Waals surface area contributed by atoms with E-state index in [1.54, 1.807) is 0 Å². The minimum atomic E-state index is -4.51. The van der Waals surface area contributed by atoms with Crippen LogP contribution < -0.4 is 5.32 Å². The van der Waals surface area contributed by atoms with Gasteiger partial charge in [0.05, 0.1) is 12.0 Å². The van der Waals surface area contributed by atoms with Gasteiger partial charge in [-0.05, 0) is 19.1 Å². The molecule has 17 heavy (non-hydrogen) atoms. The van der Waals surface area contributed by atoms with Crippen molar-refractivity contribution in [1.29, 1.82) is 0 Å². The molecule has 1 atom stereocenters. The SMILES string of the molecule is CC(CC(=O)O)Nc1ncccc1C(F)(F)F. The minimum Gasteiger partial charge on any atom is -0.481 e. The normalized spacial score (nSPS) is 13.2. The number of aromatic nitrogens is 1. The van der Waals surface area contributed by atoms with Crippen molar-refractivity contribution in [2.75, 3.05) is 5.32 Å². The lowest BCUT2D eigenvalue weighted by molar-refractivity contribution is -0.137. The second kappa shape index (κ2) is 5.03. The Morgan fingerprint density at radius 2 is 2.24 bits per heavy atom. The van der Waals surface area contributed by atoms with Crippen LogP contribution in [-0.2, 0) is 11.0 Å². The summed E-state index contributed by atoms with van der Waals surface area (Å²) in [4.78, 5) is 14.0. The summed E-state index contributed by atoms with van der Waals surface area (Å²) in [6.45, 7) is 1.48. The quantitative estimate of drug-likeness (QED) is 0.858. The fraction of sp³-hybridized carbons (Fsp3) is 0.400. The molecule has 1 aromatic heterocycles. The monoisotopic (exact) mass is 248 g/mol. The van der Waals surface area contributed by atoms with E-state index in [1.807, 2.05) is 0 Å². The van der Waals surface area contributed by atoms with Crippen LogP contribution in [-0.4, -0.2) is 22.1 Å². The molecule has 0 saturated carbocycles. The van der Waals surface area contributed by atoms with Gasteiger partial charge in [0.1, 0.15) is 5.82 Å². The fourth-order valence-corrected chi connectivity index (χ4v) is 1.30. The first-order valence-electron chi connectivity index (χ1n) is 4.81. The number of carboxylic acids is 1. The molecule has 1 rings (SSSR count). The number of nitrogens with zero attached hydrogens (tertiary/aromatic N) is 1. The van der Waals surface area contributed by atoms with Crippen molar-refractivity contribution in [2.45, 2.75) is 25.6 Å². The molecule has 1 unspecified atom stereocenters. The molecule has 0 aliphatic rings. The molecule has 94 valence electrons. The molecule has 0 radical (unpaired) electrons. The van der Waals surface area contributed by atoms with Crippen LogP contribution in [0.4, 0.5) is 19.0 Å².